The van der Waals surface area contributed by atoms with Gasteiger partial charge in [0.1, 0.15) is 5.60 Å². The summed E-state index contributed by atoms with van der Waals surface area (Å²) < 4.78 is 6.48. The molecule has 1 fully saturated rings. The van der Waals surface area contributed by atoms with Gasteiger partial charge in [-0.25, -0.2) is 0 Å². The third-order valence-corrected chi connectivity index (χ3v) is 7.37. The van der Waals surface area contributed by atoms with E-state index in [9.17, 15) is 9.59 Å². The number of carbonyl (C=O) groups is 2. The first-order valence-electron chi connectivity index (χ1n) is 12.2. The summed E-state index contributed by atoms with van der Waals surface area (Å²) in [6, 6.07) is 15.2. The second-order valence-corrected chi connectivity index (χ2v) is 13.6. The van der Waals surface area contributed by atoms with Crippen LogP contribution in [0.5, 0.6) is 0 Å². The lowest BCUT2D eigenvalue weighted by molar-refractivity contribution is 0.0150. The first-order chi connectivity index (χ1) is 16.0. The zero-order valence-corrected chi connectivity index (χ0v) is 22.8. The lowest BCUT2D eigenvalue weighted by atomic mass is 9.72. The van der Waals surface area contributed by atoms with Crippen molar-refractivity contribution in [2.24, 2.45) is 5.92 Å². The lowest BCUT2D eigenvalue weighted by Gasteiger charge is -2.36. The molecular formula is C29H35ClO3P+. The number of benzene rings is 2. The molecule has 0 bridgehead atoms. The monoisotopic (exact) mass is 497 g/mol. The number of rotatable bonds is 6. The number of hydrogen-bond donors (Lipinski definition) is 0. The van der Waals surface area contributed by atoms with E-state index in [1.807, 2.05) is 47.4 Å². The molecule has 0 amide bonds. The van der Waals surface area contributed by atoms with E-state index in [-0.39, 0.29) is 28.4 Å². The molecule has 0 spiro atoms. The highest BCUT2D eigenvalue weighted by atomic mass is 35.5. The average Bonchev–Trinajstić information content (AvgIpc) is 2.76. The van der Waals surface area contributed by atoms with Crippen molar-refractivity contribution in [1.82, 2.24) is 0 Å². The van der Waals surface area contributed by atoms with Crippen LogP contribution in [0.15, 0.2) is 59.9 Å². The predicted molar refractivity (Wildman–Crippen MR) is 143 cm³/mol. The molecule has 4 rings (SSSR count). The van der Waals surface area contributed by atoms with Crippen LogP contribution in [0.3, 0.4) is 0 Å². The minimum absolute atomic E-state index is 0.0238. The Bertz CT molecular complexity index is 1120. The summed E-state index contributed by atoms with van der Waals surface area (Å²) in [6.07, 6.45) is 4.44. The molecule has 0 heterocycles. The van der Waals surface area contributed by atoms with E-state index in [2.05, 4.69) is 26.0 Å². The number of ketones is 2. The maximum absolute atomic E-state index is 13.7. The Morgan fingerprint density at radius 2 is 1.38 bits per heavy atom. The molecule has 0 aromatic heterocycles. The van der Waals surface area contributed by atoms with Gasteiger partial charge in [-0.15, -0.1) is 0 Å². The number of allylic oxidation sites excluding steroid dienone is 2. The van der Waals surface area contributed by atoms with Crippen LogP contribution in [-0.2, 0) is 4.74 Å². The van der Waals surface area contributed by atoms with Crippen molar-refractivity contribution >= 4 is 32.4 Å². The number of Topliss-reactive ketones (excluding diaryl/α,β-unsaturated/α-hetero) is 2. The molecule has 2 aliphatic rings. The van der Waals surface area contributed by atoms with Crippen LogP contribution in [0, 0.1) is 5.92 Å². The first kappa shape index (κ1) is 25.1. The van der Waals surface area contributed by atoms with Crippen molar-refractivity contribution in [3.05, 3.63) is 81.6 Å². The summed E-state index contributed by atoms with van der Waals surface area (Å²) in [7, 11) is 1.93. The van der Waals surface area contributed by atoms with Crippen LogP contribution in [0.25, 0.3) is 0 Å². The highest BCUT2D eigenvalue weighted by Crippen LogP contribution is 2.44. The molecule has 34 heavy (non-hydrogen) atoms. The molecular weight excluding hydrogens is 463 g/mol. The minimum Gasteiger partial charge on any atom is -0.483 e. The molecule has 0 aliphatic heterocycles. The Morgan fingerprint density at radius 1 is 0.853 bits per heavy atom. The van der Waals surface area contributed by atoms with Crippen LogP contribution in [-0.4, -0.2) is 22.3 Å². The fraction of sp³-hybridized carbons (Fsp3) is 0.448. The van der Waals surface area contributed by atoms with Crippen LogP contribution < -0.4 is 0 Å². The third-order valence-electron chi connectivity index (χ3n) is 6.87. The topological polar surface area (TPSA) is 43.4 Å². The number of carbonyl (C=O) groups excluding carboxylic acids is 2. The third kappa shape index (κ3) is 5.47. The van der Waals surface area contributed by atoms with Crippen LogP contribution >= 0.6 is 20.8 Å². The Balaban J connectivity index is 1.66. The average molecular weight is 498 g/mol. The molecule has 0 saturated heterocycles. The molecule has 0 N–H and O–H groups in total. The van der Waals surface area contributed by atoms with E-state index in [0.717, 1.165) is 37.1 Å². The molecule has 180 valence electrons. The Morgan fingerprint density at radius 3 is 1.94 bits per heavy atom. The van der Waals surface area contributed by atoms with Gasteiger partial charge in [-0.05, 0) is 92.2 Å². The molecule has 1 atom stereocenters. The standard InChI is InChI=1S/C29H34ClO3P/c1-28(2,17-29(3,4)34)33-27-24(25(31)22-7-5-6-8-23(22)26(27)32)20-11-9-18(10-12-20)19-13-15-21(30)16-14-19/h5-8,13-16,18,20H,9-12,17,34H2,1-4H3/p+1. The van der Waals surface area contributed by atoms with Crippen molar-refractivity contribution in [1.29, 1.82) is 0 Å². The van der Waals surface area contributed by atoms with E-state index in [4.69, 9.17) is 16.3 Å². The highest BCUT2D eigenvalue weighted by molar-refractivity contribution is 7.18. The van der Waals surface area contributed by atoms with Gasteiger partial charge in [-0.1, -0.05) is 48.0 Å². The van der Waals surface area contributed by atoms with Crippen molar-refractivity contribution in [3.8, 4) is 0 Å². The summed E-state index contributed by atoms with van der Waals surface area (Å²) in [4.78, 5) is 27.4. The van der Waals surface area contributed by atoms with Gasteiger partial charge in [0.25, 0.3) is 0 Å². The molecule has 2 aromatic rings. The van der Waals surface area contributed by atoms with Gasteiger partial charge in [0.2, 0.25) is 5.78 Å². The van der Waals surface area contributed by atoms with E-state index >= 15 is 0 Å². The predicted octanol–water partition coefficient (Wildman–Crippen LogP) is 7.52. The molecule has 2 aliphatic carbocycles. The quantitative estimate of drug-likeness (QED) is 0.387. The summed E-state index contributed by atoms with van der Waals surface area (Å²) in [5.41, 5.74) is 2.27. The Hall–Kier alpha value is -1.96. The van der Waals surface area contributed by atoms with E-state index < -0.39 is 5.60 Å². The van der Waals surface area contributed by atoms with Crippen LogP contribution in [0.2, 0.25) is 5.02 Å². The molecule has 1 unspecified atom stereocenters. The van der Waals surface area contributed by atoms with Crippen molar-refractivity contribution < 1.29 is 14.3 Å². The summed E-state index contributed by atoms with van der Waals surface area (Å²) in [6.45, 7) is 8.38. The minimum atomic E-state index is -0.561. The van der Waals surface area contributed by atoms with E-state index in [0.29, 0.717) is 22.6 Å². The lowest BCUT2D eigenvalue weighted by Crippen LogP contribution is -2.36. The van der Waals surface area contributed by atoms with Gasteiger partial charge in [-0.2, -0.15) is 0 Å². The Labute approximate surface area is 210 Å². The van der Waals surface area contributed by atoms with Crippen molar-refractivity contribution in [2.75, 3.05) is 0 Å². The van der Waals surface area contributed by atoms with Crippen LogP contribution in [0.1, 0.15) is 92.0 Å². The summed E-state index contributed by atoms with van der Waals surface area (Å²) >= 11 is 6.07. The van der Waals surface area contributed by atoms with Gasteiger partial charge >= 0.3 is 0 Å². The smallest absolute Gasteiger partial charge is 0.228 e. The van der Waals surface area contributed by atoms with Crippen LogP contribution in [0.4, 0.5) is 0 Å². The number of fused-ring (bicyclic) bond motifs is 1. The largest absolute Gasteiger partial charge is 0.483 e. The number of halogens is 1. The maximum atomic E-state index is 13.7. The normalized spacial score (nSPS) is 21.6. The molecule has 2 aromatic carbocycles. The van der Waals surface area contributed by atoms with E-state index in [1.165, 1.54) is 5.56 Å². The molecule has 1 saturated carbocycles. The van der Waals surface area contributed by atoms with Gasteiger partial charge in [0.15, 0.2) is 11.5 Å². The maximum Gasteiger partial charge on any atom is 0.228 e. The van der Waals surface area contributed by atoms with Gasteiger partial charge < -0.3 is 4.74 Å². The van der Waals surface area contributed by atoms with Crippen molar-refractivity contribution in [2.45, 2.75) is 76.5 Å². The molecule has 0 radical (unpaired) electrons. The summed E-state index contributed by atoms with van der Waals surface area (Å²) in [5.74, 6) is 0.536. The summed E-state index contributed by atoms with van der Waals surface area (Å²) in [5, 5.41) is 0.799. The van der Waals surface area contributed by atoms with Gasteiger partial charge in [0, 0.05) is 28.1 Å². The van der Waals surface area contributed by atoms with Gasteiger partial charge in [0.05, 0.1) is 5.16 Å². The number of hydrogen-bond acceptors (Lipinski definition) is 3. The van der Waals surface area contributed by atoms with Gasteiger partial charge in [-0.3, -0.25) is 9.59 Å². The SMILES string of the molecule is CC(C)([PH3+])CC(C)(C)OC1=C(C2CCC(c3ccc(Cl)cc3)CC2)C(=O)c2ccccc2C1=O. The fourth-order valence-electron chi connectivity index (χ4n) is 5.76. The molecule has 3 nitrogen and oxygen atoms in total. The fourth-order valence-corrected chi connectivity index (χ4v) is 6.49. The van der Waals surface area contributed by atoms with Crippen molar-refractivity contribution in [3.63, 3.8) is 0 Å². The highest BCUT2D eigenvalue weighted by Gasteiger charge is 2.41. The van der Waals surface area contributed by atoms with E-state index in [1.54, 1.807) is 12.1 Å². The zero-order valence-electron chi connectivity index (χ0n) is 20.6. The molecule has 5 heteroatoms. The number of ether oxygens (including phenoxy) is 1. The first-order valence-corrected chi connectivity index (χ1v) is 13.3. The zero-order chi connectivity index (χ0) is 24.7. The second kappa shape index (κ2) is 9.59. The second-order valence-electron chi connectivity index (χ2n) is 11.2. The Kier molecular flexibility index (Phi) is 7.09.